The number of nitrogens with two attached hydrogens (primary N) is 1. The van der Waals surface area contributed by atoms with E-state index in [4.69, 9.17) is 5.73 Å². The van der Waals surface area contributed by atoms with Crippen LogP contribution in [-0.4, -0.2) is 37.9 Å². The zero-order chi connectivity index (χ0) is 19.4. The van der Waals surface area contributed by atoms with Crippen LogP contribution in [0, 0.1) is 16.0 Å². The Morgan fingerprint density at radius 1 is 1.35 bits per heavy atom. The molecule has 4 N–H and O–H groups in total. The quantitative estimate of drug-likeness (QED) is 0.362. The minimum Gasteiger partial charge on any atom is -0.354 e. The number of benzene rings is 1. The Balaban J connectivity index is 1.91. The minimum atomic E-state index is -4.05. The van der Waals surface area contributed by atoms with Crippen molar-refractivity contribution in [2.75, 3.05) is 13.1 Å². The number of nitro groups is 1. The van der Waals surface area contributed by atoms with Crippen LogP contribution in [0.25, 0.3) is 0 Å². The molecule has 0 radical (unpaired) electrons. The van der Waals surface area contributed by atoms with Gasteiger partial charge in [0.05, 0.1) is 10.8 Å². The molecule has 1 aromatic rings. The lowest BCUT2D eigenvalue weighted by molar-refractivity contribution is -0.387. The number of rotatable bonds is 7. The van der Waals surface area contributed by atoms with Crippen LogP contribution in [0.15, 0.2) is 29.2 Å². The number of nitro benzene ring substituents is 1. The van der Waals surface area contributed by atoms with Crippen molar-refractivity contribution in [1.29, 1.82) is 0 Å². The van der Waals surface area contributed by atoms with Crippen LogP contribution in [-0.2, 0) is 14.8 Å². The fourth-order valence-corrected chi connectivity index (χ4v) is 4.40. The topological polar surface area (TPSA) is 144 Å². The van der Waals surface area contributed by atoms with Gasteiger partial charge in [0.15, 0.2) is 4.90 Å². The molecule has 26 heavy (non-hydrogen) atoms. The van der Waals surface area contributed by atoms with Crippen LogP contribution in [0.2, 0.25) is 0 Å². The van der Waals surface area contributed by atoms with E-state index in [0.29, 0.717) is 6.42 Å². The molecule has 10 heteroatoms. The van der Waals surface area contributed by atoms with E-state index in [9.17, 15) is 23.3 Å². The maximum Gasteiger partial charge on any atom is 0.289 e. The summed E-state index contributed by atoms with van der Waals surface area (Å²) in [7, 11) is -4.05. The summed E-state index contributed by atoms with van der Waals surface area (Å²) in [4.78, 5) is 22.1. The van der Waals surface area contributed by atoms with Crippen molar-refractivity contribution in [2.45, 2.75) is 43.0 Å². The molecule has 2 atom stereocenters. The van der Waals surface area contributed by atoms with Crippen LogP contribution in [0.5, 0.6) is 0 Å². The molecule has 1 aliphatic carbocycles. The molecule has 0 heterocycles. The van der Waals surface area contributed by atoms with E-state index in [1.807, 2.05) is 6.92 Å². The van der Waals surface area contributed by atoms with Gasteiger partial charge in [-0.2, -0.15) is 0 Å². The monoisotopic (exact) mass is 384 g/mol. The lowest BCUT2D eigenvalue weighted by Crippen LogP contribution is -2.53. The molecule has 2 unspecified atom stereocenters. The lowest BCUT2D eigenvalue weighted by Gasteiger charge is -2.37. The number of nitrogens with zero attached hydrogens (tertiary/aromatic N) is 1. The Morgan fingerprint density at radius 3 is 2.69 bits per heavy atom. The summed E-state index contributed by atoms with van der Waals surface area (Å²) in [5, 5.41) is 13.7. The molecule has 0 bridgehead atoms. The van der Waals surface area contributed by atoms with Gasteiger partial charge in [-0.15, -0.1) is 0 Å². The van der Waals surface area contributed by atoms with E-state index < -0.39 is 31.1 Å². The predicted octanol–water partition coefficient (Wildman–Crippen LogP) is 0.897. The van der Waals surface area contributed by atoms with Crippen molar-refractivity contribution in [3.8, 4) is 0 Å². The fourth-order valence-electron chi connectivity index (χ4n) is 3.20. The van der Waals surface area contributed by atoms with E-state index in [-0.39, 0.29) is 24.9 Å². The molecule has 1 fully saturated rings. The smallest absolute Gasteiger partial charge is 0.289 e. The molecule has 2 rings (SSSR count). The van der Waals surface area contributed by atoms with Crippen LogP contribution < -0.4 is 15.8 Å². The third-order valence-electron chi connectivity index (χ3n) is 4.64. The number of carbonyl (C=O) groups is 1. The third kappa shape index (κ3) is 4.77. The number of hydrogen-bond acceptors (Lipinski definition) is 6. The van der Waals surface area contributed by atoms with E-state index in [2.05, 4.69) is 10.0 Å². The number of sulfonamides is 1. The summed E-state index contributed by atoms with van der Waals surface area (Å²) < 4.78 is 26.8. The van der Waals surface area contributed by atoms with Gasteiger partial charge in [0.1, 0.15) is 0 Å². The standard InChI is InChI=1S/C16H24N4O5S/c1-16(17)9-5-4-6-12(16)15(21)18-10-11-19-26(24,25)14-8-3-2-7-13(14)20(22)23/h2-3,7-8,12,19H,4-6,9-11,17H2,1H3,(H,18,21). The number of hydrogen-bond donors (Lipinski definition) is 3. The summed E-state index contributed by atoms with van der Waals surface area (Å²) in [5.74, 6) is -0.498. The first-order valence-electron chi connectivity index (χ1n) is 8.45. The molecule has 1 amide bonds. The second-order valence-corrected chi connectivity index (χ2v) is 8.45. The highest BCUT2D eigenvalue weighted by Crippen LogP contribution is 2.31. The van der Waals surface area contributed by atoms with Crippen LogP contribution >= 0.6 is 0 Å². The second kappa shape index (κ2) is 8.11. The Morgan fingerprint density at radius 2 is 2.04 bits per heavy atom. The summed E-state index contributed by atoms with van der Waals surface area (Å²) in [6, 6.07) is 5.10. The van der Waals surface area contributed by atoms with Gasteiger partial charge >= 0.3 is 0 Å². The molecule has 0 spiro atoms. The molecular weight excluding hydrogens is 360 g/mol. The van der Waals surface area contributed by atoms with Crippen LogP contribution in [0.1, 0.15) is 32.6 Å². The van der Waals surface area contributed by atoms with Gasteiger partial charge in [-0.25, -0.2) is 13.1 Å². The number of amides is 1. The third-order valence-corrected chi connectivity index (χ3v) is 6.15. The van der Waals surface area contributed by atoms with Crippen molar-refractivity contribution in [1.82, 2.24) is 10.0 Å². The molecule has 1 aliphatic rings. The molecule has 9 nitrogen and oxygen atoms in total. The van der Waals surface area contributed by atoms with Gasteiger partial charge < -0.3 is 11.1 Å². The number of para-hydroxylation sites is 1. The van der Waals surface area contributed by atoms with Crippen molar-refractivity contribution < 1.29 is 18.1 Å². The van der Waals surface area contributed by atoms with Crippen LogP contribution in [0.3, 0.4) is 0 Å². The van der Waals surface area contributed by atoms with E-state index in [0.717, 1.165) is 25.3 Å². The number of nitrogens with one attached hydrogen (secondary N) is 2. The second-order valence-electron chi connectivity index (χ2n) is 6.72. The molecule has 144 valence electrons. The first kappa shape index (κ1) is 20.3. The van der Waals surface area contributed by atoms with E-state index >= 15 is 0 Å². The molecular formula is C16H24N4O5S. The lowest BCUT2D eigenvalue weighted by atomic mass is 9.74. The normalized spacial score (nSPS) is 23.4. The highest BCUT2D eigenvalue weighted by Gasteiger charge is 2.37. The van der Waals surface area contributed by atoms with Gasteiger partial charge in [-0.05, 0) is 25.8 Å². The van der Waals surface area contributed by atoms with Crippen molar-refractivity contribution in [2.24, 2.45) is 11.7 Å². The SMILES string of the molecule is CC1(N)CCCCC1C(=O)NCCNS(=O)(=O)c1ccccc1[N+](=O)[O-]. The Labute approximate surface area is 152 Å². The molecule has 1 saturated carbocycles. The van der Waals surface area contributed by atoms with Gasteiger partial charge in [0.25, 0.3) is 5.69 Å². The first-order valence-corrected chi connectivity index (χ1v) is 9.93. The van der Waals surface area contributed by atoms with Gasteiger partial charge in [-0.3, -0.25) is 14.9 Å². The summed E-state index contributed by atoms with van der Waals surface area (Å²) in [6.45, 7) is 1.85. The van der Waals surface area contributed by atoms with E-state index in [1.54, 1.807) is 0 Å². The zero-order valence-electron chi connectivity index (χ0n) is 14.6. The average molecular weight is 384 g/mol. The van der Waals surface area contributed by atoms with Crippen molar-refractivity contribution >= 4 is 21.6 Å². The van der Waals surface area contributed by atoms with Crippen LogP contribution in [0.4, 0.5) is 5.69 Å². The molecule has 1 aromatic carbocycles. The first-order chi connectivity index (χ1) is 12.1. The maximum atomic E-state index is 12.3. The highest BCUT2D eigenvalue weighted by atomic mass is 32.2. The van der Waals surface area contributed by atoms with Gasteiger partial charge in [-0.1, -0.05) is 25.0 Å². The van der Waals surface area contributed by atoms with Crippen molar-refractivity contribution in [3.05, 3.63) is 34.4 Å². The predicted molar refractivity (Wildman–Crippen MR) is 95.8 cm³/mol. The molecule has 0 aromatic heterocycles. The summed E-state index contributed by atoms with van der Waals surface area (Å²) in [5.41, 5.74) is 5.12. The Hall–Kier alpha value is -2.04. The van der Waals surface area contributed by atoms with Gasteiger partial charge in [0, 0.05) is 24.7 Å². The molecule has 0 saturated heterocycles. The largest absolute Gasteiger partial charge is 0.354 e. The summed E-state index contributed by atoms with van der Waals surface area (Å²) >= 11 is 0. The Bertz CT molecular complexity index is 779. The minimum absolute atomic E-state index is 0.0747. The highest BCUT2D eigenvalue weighted by molar-refractivity contribution is 7.89. The summed E-state index contributed by atoms with van der Waals surface area (Å²) in [6.07, 6.45) is 3.41. The zero-order valence-corrected chi connectivity index (χ0v) is 15.4. The maximum absolute atomic E-state index is 12.3. The average Bonchev–Trinajstić information content (AvgIpc) is 2.58. The molecule has 0 aliphatic heterocycles. The van der Waals surface area contributed by atoms with Crippen molar-refractivity contribution in [3.63, 3.8) is 0 Å². The van der Waals surface area contributed by atoms with E-state index in [1.165, 1.54) is 18.2 Å². The number of carbonyl (C=O) groups excluding carboxylic acids is 1. The van der Waals surface area contributed by atoms with Gasteiger partial charge in [0.2, 0.25) is 15.9 Å². The Kier molecular flexibility index (Phi) is 6.32. The fraction of sp³-hybridized carbons (Fsp3) is 0.562.